The average molecular weight is 638 g/mol. The van der Waals surface area contributed by atoms with Crippen molar-refractivity contribution in [3.05, 3.63) is 163 Å². The fraction of sp³-hybridized carbons (Fsp3) is 0.0638. The van der Waals surface area contributed by atoms with Gasteiger partial charge in [0.2, 0.25) is 5.95 Å². The van der Waals surface area contributed by atoms with Crippen LogP contribution in [0.5, 0.6) is 0 Å². The maximum absolute atomic E-state index is 5.70. The van der Waals surface area contributed by atoms with E-state index in [0.717, 1.165) is 28.0 Å². The Kier molecular flexibility index (Phi) is 5.45. The van der Waals surface area contributed by atoms with Gasteiger partial charge >= 0.3 is 0 Å². The molecular formula is C47H31N3. The molecular weight excluding hydrogens is 607 g/mol. The quantitative estimate of drug-likeness (QED) is 0.177. The molecule has 3 nitrogen and oxygen atoms in total. The molecule has 0 aliphatic heterocycles. The molecule has 10 aromatic rings. The van der Waals surface area contributed by atoms with Crippen LogP contribution >= 0.6 is 0 Å². The molecule has 0 unspecified atom stereocenters. The minimum atomic E-state index is -0.292. The molecule has 0 fully saturated rings. The van der Waals surface area contributed by atoms with E-state index in [9.17, 15) is 0 Å². The molecule has 0 spiro atoms. The second-order valence-electron chi connectivity index (χ2n) is 14.2. The van der Waals surface area contributed by atoms with Crippen molar-refractivity contribution < 1.29 is 0 Å². The third kappa shape index (κ3) is 3.64. The van der Waals surface area contributed by atoms with Gasteiger partial charge in [0, 0.05) is 32.9 Å². The average Bonchev–Trinajstić information content (AvgIpc) is 3.61. The van der Waals surface area contributed by atoms with E-state index in [1.807, 2.05) is 0 Å². The largest absolute Gasteiger partial charge is 0.278 e. The van der Waals surface area contributed by atoms with Crippen LogP contribution in [-0.2, 0) is 5.41 Å². The molecule has 1 aliphatic rings. The Morgan fingerprint density at radius 2 is 1.04 bits per heavy atom. The molecule has 0 saturated carbocycles. The number of hydrogen-bond donors (Lipinski definition) is 0. The van der Waals surface area contributed by atoms with Gasteiger partial charge in [-0.3, -0.25) is 4.57 Å². The highest BCUT2D eigenvalue weighted by atomic mass is 15.2. The summed E-state index contributed by atoms with van der Waals surface area (Å²) in [5.74, 6) is 0.689. The van der Waals surface area contributed by atoms with Gasteiger partial charge in [0.15, 0.2) is 0 Å². The molecule has 2 heterocycles. The van der Waals surface area contributed by atoms with Gasteiger partial charge < -0.3 is 0 Å². The Labute approximate surface area is 289 Å². The van der Waals surface area contributed by atoms with Crippen molar-refractivity contribution in [2.45, 2.75) is 19.3 Å². The molecule has 0 radical (unpaired) electrons. The SMILES string of the molecule is CC1(C)c2ccccc2-c2nc(-n3c4cc5ccccc5cc4c4c5ccccc5ccc43)nc(-c3cc4ccccc4c4ccccc34)c21. The number of benzene rings is 8. The summed E-state index contributed by atoms with van der Waals surface area (Å²) < 4.78 is 2.31. The highest BCUT2D eigenvalue weighted by molar-refractivity contribution is 6.23. The van der Waals surface area contributed by atoms with E-state index in [1.165, 1.54) is 70.6 Å². The summed E-state index contributed by atoms with van der Waals surface area (Å²) in [6, 6.07) is 55.1. The summed E-state index contributed by atoms with van der Waals surface area (Å²) in [6.45, 7) is 4.65. The zero-order valence-corrected chi connectivity index (χ0v) is 27.8. The summed E-state index contributed by atoms with van der Waals surface area (Å²) in [6.07, 6.45) is 0. The summed E-state index contributed by atoms with van der Waals surface area (Å²) in [5, 5.41) is 12.2. The highest BCUT2D eigenvalue weighted by Crippen LogP contribution is 2.52. The Morgan fingerprint density at radius 1 is 0.440 bits per heavy atom. The number of rotatable bonds is 2. The predicted octanol–water partition coefficient (Wildman–Crippen LogP) is 12.2. The lowest BCUT2D eigenvalue weighted by Gasteiger charge is -2.24. The molecule has 0 saturated heterocycles. The lowest BCUT2D eigenvalue weighted by molar-refractivity contribution is 0.657. The molecule has 8 aromatic carbocycles. The van der Waals surface area contributed by atoms with E-state index in [-0.39, 0.29) is 5.41 Å². The lowest BCUT2D eigenvalue weighted by atomic mass is 9.80. The summed E-state index contributed by atoms with van der Waals surface area (Å²) in [4.78, 5) is 11.3. The first kappa shape index (κ1) is 27.6. The monoisotopic (exact) mass is 637 g/mol. The van der Waals surface area contributed by atoms with Gasteiger partial charge in [-0.2, -0.15) is 0 Å². The lowest BCUT2D eigenvalue weighted by Crippen LogP contribution is -2.18. The first-order valence-electron chi connectivity index (χ1n) is 17.3. The Balaban J connectivity index is 1.33. The van der Waals surface area contributed by atoms with E-state index >= 15 is 0 Å². The van der Waals surface area contributed by atoms with Crippen molar-refractivity contribution in [3.63, 3.8) is 0 Å². The number of aromatic nitrogens is 3. The van der Waals surface area contributed by atoms with Gasteiger partial charge in [-0.25, -0.2) is 9.97 Å². The summed E-state index contributed by atoms with van der Waals surface area (Å²) >= 11 is 0. The molecule has 0 atom stereocenters. The highest BCUT2D eigenvalue weighted by Gasteiger charge is 2.40. The van der Waals surface area contributed by atoms with Crippen LogP contribution in [0.25, 0.3) is 93.4 Å². The van der Waals surface area contributed by atoms with Crippen LogP contribution in [0.15, 0.2) is 152 Å². The first-order chi connectivity index (χ1) is 24.6. The van der Waals surface area contributed by atoms with Crippen LogP contribution in [0.2, 0.25) is 0 Å². The topological polar surface area (TPSA) is 30.7 Å². The number of fused-ring (bicyclic) bond motifs is 12. The third-order valence-electron chi connectivity index (χ3n) is 11.1. The standard InChI is InChI=1S/C47H31N3/c1-47(2)39-22-12-11-21-36(39)44-43(47)45(37-26-31-16-6-7-17-32(31)34-19-9-10-20-35(34)37)49-46(48-44)50-40-24-23-28-13-5-8-18-33(28)42(40)38-25-29-14-3-4-15-30(29)27-41(38)50/h3-27H,1-2H3. The van der Waals surface area contributed by atoms with Crippen molar-refractivity contribution in [3.8, 4) is 28.5 Å². The zero-order chi connectivity index (χ0) is 33.1. The van der Waals surface area contributed by atoms with E-state index in [4.69, 9.17) is 9.97 Å². The van der Waals surface area contributed by atoms with Crippen molar-refractivity contribution in [1.29, 1.82) is 0 Å². The number of hydrogen-bond acceptors (Lipinski definition) is 2. The molecule has 234 valence electrons. The molecule has 3 heteroatoms. The Bertz CT molecular complexity index is 3070. The second-order valence-corrected chi connectivity index (χ2v) is 14.2. The van der Waals surface area contributed by atoms with Crippen molar-refractivity contribution >= 4 is 64.9 Å². The van der Waals surface area contributed by atoms with E-state index in [1.54, 1.807) is 0 Å². The van der Waals surface area contributed by atoms with Crippen LogP contribution in [0.1, 0.15) is 25.0 Å². The molecule has 0 N–H and O–H groups in total. The summed E-state index contributed by atoms with van der Waals surface area (Å²) in [7, 11) is 0. The van der Waals surface area contributed by atoms with Crippen molar-refractivity contribution in [2.24, 2.45) is 0 Å². The molecule has 11 rings (SSSR count). The van der Waals surface area contributed by atoms with Gasteiger partial charge in [-0.05, 0) is 72.9 Å². The van der Waals surface area contributed by atoms with Crippen molar-refractivity contribution in [2.75, 3.05) is 0 Å². The Morgan fingerprint density at radius 3 is 1.84 bits per heavy atom. The van der Waals surface area contributed by atoms with Crippen LogP contribution in [0.3, 0.4) is 0 Å². The van der Waals surface area contributed by atoms with Gasteiger partial charge in [0.25, 0.3) is 0 Å². The predicted molar refractivity (Wildman–Crippen MR) is 209 cm³/mol. The maximum atomic E-state index is 5.70. The van der Waals surface area contributed by atoms with Crippen LogP contribution in [0, 0.1) is 0 Å². The molecule has 0 bridgehead atoms. The molecule has 2 aromatic heterocycles. The van der Waals surface area contributed by atoms with E-state index in [0.29, 0.717) is 5.95 Å². The van der Waals surface area contributed by atoms with Gasteiger partial charge in [0.1, 0.15) is 0 Å². The Hall–Kier alpha value is -6.32. The smallest absolute Gasteiger partial charge is 0.235 e. The normalized spacial score (nSPS) is 13.6. The third-order valence-corrected chi connectivity index (χ3v) is 11.1. The number of nitrogens with zero attached hydrogens (tertiary/aromatic N) is 3. The molecule has 50 heavy (non-hydrogen) atoms. The van der Waals surface area contributed by atoms with E-state index < -0.39 is 0 Å². The van der Waals surface area contributed by atoms with Crippen LogP contribution in [0.4, 0.5) is 0 Å². The zero-order valence-electron chi connectivity index (χ0n) is 27.8. The minimum Gasteiger partial charge on any atom is -0.278 e. The summed E-state index contributed by atoms with van der Waals surface area (Å²) in [5.41, 5.74) is 8.70. The fourth-order valence-electron chi connectivity index (χ4n) is 8.84. The first-order valence-corrected chi connectivity index (χ1v) is 17.3. The minimum absolute atomic E-state index is 0.292. The van der Waals surface area contributed by atoms with Crippen molar-refractivity contribution in [1.82, 2.24) is 14.5 Å². The van der Waals surface area contributed by atoms with Crippen LogP contribution < -0.4 is 0 Å². The maximum Gasteiger partial charge on any atom is 0.235 e. The van der Waals surface area contributed by atoms with Gasteiger partial charge in [-0.15, -0.1) is 0 Å². The van der Waals surface area contributed by atoms with E-state index in [2.05, 4.69) is 170 Å². The van der Waals surface area contributed by atoms with Gasteiger partial charge in [-0.1, -0.05) is 141 Å². The molecule has 1 aliphatic carbocycles. The molecule has 0 amide bonds. The van der Waals surface area contributed by atoms with Crippen LogP contribution in [-0.4, -0.2) is 14.5 Å². The second kappa shape index (κ2) is 9.87. The fourth-order valence-corrected chi connectivity index (χ4v) is 8.84. The van der Waals surface area contributed by atoms with Gasteiger partial charge in [0.05, 0.1) is 22.4 Å².